The largest absolute Gasteiger partial charge is 0.298 e. The van der Waals surface area contributed by atoms with Crippen molar-refractivity contribution in [3.05, 3.63) is 46.8 Å². The topological polar surface area (TPSA) is 72.7 Å². The van der Waals surface area contributed by atoms with Crippen LogP contribution in [0.3, 0.4) is 0 Å². The summed E-state index contributed by atoms with van der Waals surface area (Å²) in [6.07, 6.45) is 1.75. The van der Waals surface area contributed by atoms with E-state index in [1.54, 1.807) is 6.20 Å². The number of rotatable bonds is 3. The van der Waals surface area contributed by atoms with E-state index in [0.717, 1.165) is 26.8 Å². The molecule has 6 nitrogen and oxygen atoms in total. The van der Waals surface area contributed by atoms with Gasteiger partial charge in [-0.15, -0.1) is 0 Å². The van der Waals surface area contributed by atoms with Gasteiger partial charge in [-0.25, -0.2) is 14.6 Å². The van der Waals surface area contributed by atoms with Crippen molar-refractivity contribution in [2.75, 3.05) is 5.32 Å². The molecule has 0 unspecified atom stereocenters. The van der Waals surface area contributed by atoms with E-state index in [-0.39, 0.29) is 11.9 Å². The van der Waals surface area contributed by atoms with E-state index in [1.807, 2.05) is 24.6 Å². The number of aromatic nitrogens is 4. The lowest BCUT2D eigenvalue weighted by molar-refractivity contribution is 0.102. The molecule has 0 aliphatic carbocycles. The molecule has 1 amide bonds. The Morgan fingerprint density at radius 1 is 1.15 bits per heavy atom. The summed E-state index contributed by atoms with van der Waals surface area (Å²) in [5.41, 5.74) is 5.25. The van der Waals surface area contributed by atoms with Gasteiger partial charge < -0.3 is 0 Å². The molecule has 0 saturated heterocycles. The molecule has 4 rings (SSSR count). The van der Waals surface area contributed by atoms with Gasteiger partial charge >= 0.3 is 0 Å². The number of hydrogen-bond donors (Lipinski definition) is 1. The molecule has 0 spiro atoms. The lowest BCUT2D eigenvalue weighted by atomic mass is 10.1. The van der Waals surface area contributed by atoms with Gasteiger partial charge in [0.2, 0.25) is 0 Å². The van der Waals surface area contributed by atoms with Crippen LogP contribution in [0.5, 0.6) is 0 Å². The molecule has 0 radical (unpaired) electrons. The van der Waals surface area contributed by atoms with Gasteiger partial charge in [-0.1, -0.05) is 17.4 Å². The van der Waals surface area contributed by atoms with Gasteiger partial charge in [0.1, 0.15) is 0 Å². The minimum absolute atomic E-state index is 0.201. The average molecular weight is 379 g/mol. The zero-order valence-electron chi connectivity index (χ0n) is 16.0. The molecule has 1 aromatic carbocycles. The number of carbonyl (C=O) groups excluding carboxylic acids is 1. The Labute approximate surface area is 161 Å². The number of nitrogens with zero attached hydrogens (tertiary/aromatic N) is 4. The number of amides is 1. The summed E-state index contributed by atoms with van der Waals surface area (Å²) in [5.74, 6) is -0.201. The predicted molar refractivity (Wildman–Crippen MR) is 110 cm³/mol. The monoisotopic (exact) mass is 379 g/mol. The number of aryl methyl sites for hydroxylation is 3. The number of thiazole rings is 1. The van der Waals surface area contributed by atoms with Gasteiger partial charge in [-0.05, 0) is 57.9 Å². The van der Waals surface area contributed by atoms with Crippen molar-refractivity contribution < 1.29 is 4.79 Å². The van der Waals surface area contributed by atoms with Crippen LogP contribution >= 0.6 is 11.3 Å². The van der Waals surface area contributed by atoms with Crippen LogP contribution in [0.1, 0.15) is 47.1 Å². The summed E-state index contributed by atoms with van der Waals surface area (Å²) in [4.78, 5) is 22.0. The summed E-state index contributed by atoms with van der Waals surface area (Å²) in [5, 5.41) is 8.76. The third kappa shape index (κ3) is 3.08. The zero-order chi connectivity index (χ0) is 19.3. The molecule has 0 saturated carbocycles. The molecular weight excluding hydrogens is 358 g/mol. The van der Waals surface area contributed by atoms with Crippen LogP contribution in [0.2, 0.25) is 0 Å². The third-order valence-corrected chi connectivity index (χ3v) is 5.46. The SMILES string of the molecule is Cc1cc(C)c2nc(NC(=O)c3cc4cnn(C(C)C)c4nc3C)sc2c1. The highest BCUT2D eigenvalue weighted by Crippen LogP contribution is 2.30. The molecule has 0 atom stereocenters. The standard InChI is InChI=1S/C20H21N5OS/c1-10(2)25-18-14(9-21-25)8-15(13(5)22-18)19(26)24-20-23-17-12(4)6-11(3)7-16(17)27-20/h6-10H,1-5H3,(H,23,24,26). The minimum Gasteiger partial charge on any atom is -0.298 e. The second kappa shape index (κ2) is 6.42. The number of fused-ring (bicyclic) bond motifs is 2. The minimum atomic E-state index is -0.201. The first-order valence-corrected chi connectivity index (χ1v) is 9.69. The van der Waals surface area contributed by atoms with E-state index >= 15 is 0 Å². The Hall–Kier alpha value is -2.80. The fourth-order valence-corrected chi connectivity index (χ4v) is 4.30. The van der Waals surface area contributed by atoms with Crippen molar-refractivity contribution in [1.82, 2.24) is 19.7 Å². The smallest absolute Gasteiger partial charge is 0.259 e. The number of carbonyl (C=O) groups is 1. The van der Waals surface area contributed by atoms with Crippen molar-refractivity contribution in [2.45, 2.75) is 40.7 Å². The van der Waals surface area contributed by atoms with Crippen molar-refractivity contribution >= 4 is 43.6 Å². The van der Waals surface area contributed by atoms with Crippen LogP contribution in [-0.2, 0) is 0 Å². The molecule has 27 heavy (non-hydrogen) atoms. The first kappa shape index (κ1) is 17.6. The molecule has 7 heteroatoms. The second-order valence-electron chi connectivity index (χ2n) is 7.12. The Morgan fingerprint density at radius 3 is 2.67 bits per heavy atom. The lowest BCUT2D eigenvalue weighted by Crippen LogP contribution is -2.14. The van der Waals surface area contributed by atoms with E-state index in [1.165, 1.54) is 16.9 Å². The van der Waals surface area contributed by atoms with Gasteiger partial charge in [-0.2, -0.15) is 5.10 Å². The van der Waals surface area contributed by atoms with Crippen LogP contribution in [0.25, 0.3) is 21.3 Å². The number of anilines is 1. The second-order valence-corrected chi connectivity index (χ2v) is 8.15. The van der Waals surface area contributed by atoms with E-state index in [0.29, 0.717) is 16.4 Å². The number of hydrogen-bond acceptors (Lipinski definition) is 5. The van der Waals surface area contributed by atoms with Crippen molar-refractivity contribution in [1.29, 1.82) is 0 Å². The van der Waals surface area contributed by atoms with Gasteiger partial charge in [0, 0.05) is 11.4 Å². The molecule has 0 fully saturated rings. The Bertz CT molecular complexity index is 1190. The molecule has 3 aromatic heterocycles. The number of pyridine rings is 1. The molecule has 138 valence electrons. The van der Waals surface area contributed by atoms with E-state index < -0.39 is 0 Å². The normalized spacial score (nSPS) is 11.6. The van der Waals surface area contributed by atoms with E-state index in [2.05, 4.69) is 53.3 Å². The third-order valence-electron chi connectivity index (χ3n) is 4.54. The van der Waals surface area contributed by atoms with Crippen LogP contribution in [0, 0.1) is 20.8 Å². The Balaban J connectivity index is 1.69. The Kier molecular flexibility index (Phi) is 4.19. The molecule has 1 N–H and O–H groups in total. The highest BCUT2D eigenvalue weighted by Gasteiger charge is 2.17. The van der Waals surface area contributed by atoms with E-state index in [4.69, 9.17) is 0 Å². The lowest BCUT2D eigenvalue weighted by Gasteiger charge is -2.09. The fourth-order valence-electron chi connectivity index (χ4n) is 3.26. The predicted octanol–water partition coefficient (Wildman–Crippen LogP) is 4.80. The summed E-state index contributed by atoms with van der Waals surface area (Å²) in [6.45, 7) is 10.1. The average Bonchev–Trinajstić information content (AvgIpc) is 3.17. The molecule has 0 aliphatic rings. The summed E-state index contributed by atoms with van der Waals surface area (Å²) in [7, 11) is 0. The number of benzene rings is 1. The van der Waals surface area contributed by atoms with E-state index in [9.17, 15) is 4.79 Å². The van der Waals surface area contributed by atoms with Gasteiger partial charge in [0.05, 0.1) is 27.7 Å². The molecule has 4 aromatic rings. The maximum atomic E-state index is 12.8. The maximum absolute atomic E-state index is 12.8. The van der Waals surface area contributed by atoms with Crippen molar-refractivity contribution in [3.8, 4) is 0 Å². The first-order valence-electron chi connectivity index (χ1n) is 8.87. The molecular formula is C20H21N5OS. The Morgan fingerprint density at radius 2 is 1.93 bits per heavy atom. The van der Waals surface area contributed by atoms with Gasteiger partial charge in [0.15, 0.2) is 10.8 Å². The van der Waals surface area contributed by atoms with Crippen LogP contribution in [0.4, 0.5) is 5.13 Å². The first-order chi connectivity index (χ1) is 12.8. The zero-order valence-corrected chi connectivity index (χ0v) is 16.8. The highest BCUT2D eigenvalue weighted by atomic mass is 32.1. The number of nitrogens with one attached hydrogen (secondary N) is 1. The fraction of sp³-hybridized carbons (Fsp3) is 0.300. The summed E-state index contributed by atoms with van der Waals surface area (Å²) < 4.78 is 2.94. The summed E-state index contributed by atoms with van der Waals surface area (Å²) >= 11 is 1.49. The van der Waals surface area contributed by atoms with Gasteiger partial charge in [-0.3, -0.25) is 10.1 Å². The van der Waals surface area contributed by atoms with Gasteiger partial charge in [0.25, 0.3) is 5.91 Å². The van der Waals surface area contributed by atoms with Crippen LogP contribution in [0.15, 0.2) is 24.4 Å². The van der Waals surface area contributed by atoms with Crippen LogP contribution in [-0.4, -0.2) is 25.7 Å². The van der Waals surface area contributed by atoms with Crippen molar-refractivity contribution in [2.24, 2.45) is 0 Å². The molecule has 0 aliphatic heterocycles. The molecule has 3 heterocycles. The molecule has 0 bridgehead atoms. The quantitative estimate of drug-likeness (QED) is 0.555. The highest BCUT2D eigenvalue weighted by molar-refractivity contribution is 7.22. The maximum Gasteiger partial charge on any atom is 0.259 e. The summed E-state index contributed by atoms with van der Waals surface area (Å²) in [6, 6.07) is 6.25. The van der Waals surface area contributed by atoms with Crippen molar-refractivity contribution in [3.63, 3.8) is 0 Å². The van der Waals surface area contributed by atoms with Crippen LogP contribution < -0.4 is 5.32 Å².